The number of thiazole rings is 1. The largest absolute Gasteiger partial charge is 0.477 e. The summed E-state index contributed by atoms with van der Waals surface area (Å²) in [7, 11) is 0. The van der Waals surface area contributed by atoms with Crippen molar-refractivity contribution < 1.29 is 24.2 Å². The molecule has 1 aliphatic heterocycles. The van der Waals surface area contributed by atoms with Gasteiger partial charge >= 0.3 is 12.1 Å². The molecule has 2 atom stereocenters. The van der Waals surface area contributed by atoms with E-state index in [1.54, 1.807) is 13.8 Å². The number of aryl methyl sites for hydroxylation is 1. The fourth-order valence-corrected chi connectivity index (χ4v) is 4.38. The number of rotatable bonds is 6. The molecule has 0 aliphatic carbocycles. The van der Waals surface area contributed by atoms with Crippen LogP contribution in [-0.2, 0) is 4.74 Å². The van der Waals surface area contributed by atoms with Crippen molar-refractivity contribution >= 4 is 57.6 Å². The van der Waals surface area contributed by atoms with Gasteiger partial charge in [0, 0.05) is 18.8 Å². The molecule has 2 unspecified atom stereocenters. The Morgan fingerprint density at radius 3 is 2.71 bits per heavy atom. The molecule has 2 amide bonds. The van der Waals surface area contributed by atoms with E-state index >= 15 is 0 Å². The molecule has 1 aliphatic rings. The minimum absolute atomic E-state index is 0.111. The highest BCUT2D eigenvalue weighted by molar-refractivity contribution is 7.17. The molecule has 2 aromatic heterocycles. The molecule has 0 spiro atoms. The van der Waals surface area contributed by atoms with E-state index in [1.165, 1.54) is 6.20 Å². The Morgan fingerprint density at radius 2 is 2.13 bits per heavy atom. The van der Waals surface area contributed by atoms with Crippen molar-refractivity contribution in [1.29, 1.82) is 0 Å². The van der Waals surface area contributed by atoms with Crippen LogP contribution in [-0.4, -0.2) is 64.8 Å². The number of hydrogen-bond acceptors (Lipinski definition) is 7. The molecule has 3 heterocycles. The van der Waals surface area contributed by atoms with Gasteiger partial charge in [-0.25, -0.2) is 14.6 Å². The van der Waals surface area contributed by atoms with Crippen molar-refractivity contribution in [3.8, 4) is 0 Å². The number of alkyl carbamates (subject to hydrolysis) is 1. The van der Waals surface area contributed by atoms with Gasteiger partial charge in [-0.05, 0) is 20.3 Å². The van der Waals surface area contributed by atoms with Crippen molar-refractivity contribution in [3.63, 3.8) is 0 Å². The van der Waals surface area contributed by atoms with E-state index in [0.717, 1.165) is 11.3 Å². The van der Waals surface area contributed by atoms with E-state index in [9.17, 15) is 14.4 Å². The first kappa shape index (κ1) is 23.2. The van der Waals surface area contributed by atoms with Crippen LogP contribution in [0.3, 0.4) is 0 Å². The van der Waals surface area contributed by atoms with Gasteiger partial charge in [0.2, 0.25) is 0 Å². The molecule has 1 saturated heterocycles. The summed E-state index contributed by atoms with van der Waals surface area (Å²) in [6, 6.07) is -0.497. The van der Waals surface area contributed by atoms with E-state index < -0.39 is 30.1 Å². The molecule has 13 heteroatoms. The zero-order valence-corrected chi connectivity index (χ0v) is 19.0. The molecule has 1 fully saturated rings. The minimum Gasteiger partial charge on any atom is -0.477 e. The molecule has 0 aromatic carbocycles. The maximum atomic E-state index is 12.8. The van der Waals surface area contributed by atoms with E-state index in [-0.39, 0.29) is 27.2 Å². The number of carboxylic acid groups (broad SMARTS) is 1. The molecule has 4 N–H and O–H groups in total. The molecule has 31 heavy (non-hydrogen) atoms. The average Bonchev–Trinajstić information content (AvgIpc) is 3.31. The summed E-state index contributed by atoms with van der Waals surface area (Å²) < 4.78 is 5.53. The fourth-order valence-electron chi connectivity index (χ4n) is 3.18. The highest BCUT2D eigenvalue weighted by Gasteiger charge is 2.35. The molecular weight excluding hydrogens is 469 g/mol. The summed E-state index contributed by atoms with van der Waals surface area (Å²) >= 11 is 13.2. The first-order valence-corrected chi connectivity index (χ1v) is 11.0. The van der Waals surface area contributed by atoms with Crippen LogP contribution in [0.1, 0.15) is 39.2 Å². The summed E-state index contributed by atoms with van der Waals surface area (Å²) in [4.78, 5) is 44.9. The van der Waals surface area contributed by atoms with Crippen molar-refractivity contribution in [1.82, 2.24) is 20.6 Å². The van der Waals surface area contributed by atoms with Gasteiger partial charge in [0.1, 0.15) is 16.7 Å². The van der Waals surface area contributed by atoms with Crippen molar-refractivity contribution in [3.05, 3.63) is 32.5 Å². The number of nitrogens with zero attached hydrogens (tertiary/aromatic N) is 2. The van der Waals surface area contributed by atoms with Gasteiger partial charge < -0.3 is 30.4 Å². The Morgan fingerprint density at radius 1 is 1.39 bits per heavy atom. The van der Waals surface area contributed by atoms with Gasteiger partial charge in [-0.1, -0.05) is 34.5 Å². The highest BCUT2D eigenvalue weighted by Crippen LogP contribution is 2.30. The van der Waals surface area contributed by atoms with E-state index in [0.29, 0.717) is 30.3 Å². The standard InChI is InChI=1S/C18H21Cl2N5O5S/c1-3-21-18(29)30-10-7-25(17-22-6-11(31-17)16(27)28)5-4-9(10)24-15(26)14-13(20)12(19)8(2)23-14/h6,9-10,23H,3-5,7H2,1-2H3,(H,21,29)(H,24,26)(H,27,28). The number of amides is 2. The van der Waals surface area contributed by atoms with Crippen LogP contribution >= 0.6 is 34.5 Å². The Bertz CT molecular complexity index is 994. The summed E-state index contributed by atoms with van der Waals surface area (Å²) in [6.45, 7) is 4.55. The maximum Gasteiger partial charge on any atom is 0.407 e. The summed E-state index contributed by atoms with van der Waals surface area (Å²) in [5.74, 6) is -1.52. The quantitative estimate of drug-likeness (QED) is 0.489. The first-order chi connectivity index (χ1) is 14.7. The topological polar surface area (TPSA) is 137 Å². The normalized spacial score (nSPS) is 18.5. The Labute approximate surface area is 191 Å². The Kier molecular flexibility index (Phi) is 7.29. The number of anilines is 1. The second kappa shape index (κ2) is 9.75. The zero-order chi connectivity index (χ0) is 22.7. The van der Waals surface area contributed by atoms with E-state index in [2.05, 4.69) is 20.6 Å². The first-order valence-electron chi connectivity index (χ1n) is 9.44. The van der Waals surface area contributed by atoms with Gasteiger partial charge in [0.15, 0.2) is 5.13 Å². The third kappa shape index (κ3) is 5.23. The van der Waals surface area contributed by atoms with Crippen LogP contribution in [0.15, 0.2) is 6.20 Å². The summed E-state index contributed by atoms with van der Waals surface area (Å²) in [5.41, 5.74) is 0.703. The average molecular weight is 490 g/mol. The number of aromatic carboxylic acids is 1. The number of carbonyl (C=O) groups is 3. The van der Waals surface area contributed by atoms with Gasteiger partial charge in [-0.15, -0.1) is 0 Å². The number of carboxylic acids is 1. The minimum atomic E-state index is -1.06. The number of hydrogen-bond donors (Lipinski definition) is 4. The zero-order valence-electron chi connectivity index (χ0n) is 16.7. The molecular formula is C18H21Cl2N5O5S. The van der Waals surface area contributed by atoms with Crippen LogP contribution in [0.4, 0.5) is 9.93 Å². The lowest BCUT2D eigenvalue weighted by molar-refractivity contribution is 0.0601. The Balaban J connectivity index is 1.76. The van der Waals surface area contributed by atoms with Gasteiger partial charge in [-0.3, -0.25) is 4.79 Å². The number of ether oxygens (including phenoxy) is 1. The third-order valence-electron chi connectivity index (χ3n) is 4.71. The number of halogens is 2. The number of aromatic nitrogens is 2. The number of H-pyrrole nitrogens is 1. The maximum absolute atomic E-state index is 12.8. The summed E-state index contributed by atoms with van der Waals surface area (Å²) in [5, 5.41) is 15.4. The van der Waals surface area contributed by atoms with Crippen molar-refractivity contribution in [2.24, 2.45) is 0 Å². The van der Waals surface area contributed by atoms with Crippen molar-refractivity contribution in [2.45, 2.75) is 32.4 Å². The van der Waals surface area contributed by atoms with Gasteiger partial charge in [0.05, 0.1) is 28.8 Å². The molecule has 0 radical (unpaired) electrons. The molecule has 3 rings (SSSR count). The predicted octanol–water partition coefficient (Wildman–Crippen LogP) is 2.91. The van der Waals surface area contributed by atoms with Crippen LogP contribution in [0, 0.1) is 6.92 Å². The molecule has 2 aromatic rings. The SMILES string of the molecule is CCNC(=O)OC1CN(c2ncc(C(=O)O)s2)CCC1NC(=O)c1[nH]c(C)c(Cl)c1Cl. The lowest BCUT2D eigenvalue weighted by atomic mass is 10.0. The van der Waals surface area contributed by atoms with Crippen LogP contribution in [0.2, 0.25) is 10.0 Å². The van der Waals surface area contributed by atoms with Gasteiger partial charge in [-0.2, -0.15) is 0 Å². The second-order valence-corrected chi connectivity index (χ2v) is 8.62. The van der Waals surface area contributed by atoms with Crippen molar-refractivity contribution in [2.75, 3.05) is 24.5 Å². The molecule has 0 saturated carbocycles. The summed E-state index contributed by atoms with van der Waals surface area (Å²) in [6.07, 6.45) is 0.403. The highest BCUT2D eigenvalue weighted by atomic mass is 35.5. The smallest absolute Gasteiger partial charge is 0.407 e. The van der Waals surface area contributed by atoms with Gasteiger partial charge in [0.25, 0.3) is 5.91 Å². The Hall–Kier alpha value is -2.50. The second-order valence-electron chi connectivity index (χ2n) is 6.85. The monoisotopic (exact) mass is 489 g/mol. The van der Waals surface area contributed by atoms with Crippen LogP contribution in [0.5, 0.6) is 0 Å². The third-order valence-corrected chi connectivity index (χ3v) is 6.70. The molecule has 0 bridgehead atoms. The molecule has 168 valence electrons. The van der Waals surface area contributed by atoms with E-state index in [4.69, 9.17) is 33.0 Å². The number of carbonyl (C=O) groups excluding carboxylic acids is 2. The number of nitrogens with one attached hydrogen (secondary N) is 3. The van der Waals surface area contributed by atoms with Crippen LogP contribution in [0.25, 0.3) is 0 Å². The van der Waals surface area contributed by atoms with E-state index in [1.807, 2.05) is 4.90 Å². The number of piperidine rings is 1. The van der Waals surface area contributed by atoms with Crippen LogP contribution < -0.4 is 15.5 Å². The fraction of sp³-hybridized carbons (Fsp3) is 0.444. The lowest BCUT2D eigenvalue weighted by Gasteiger charge is -2.38. The number of aromatic amines is 1. The molecule has 10 nitrogen and oxygen atoms in total. The predicted molar refractivity (Wildman–Crippen MR) is 117 cm³/mol. The lowest BCUT2D eigenvalue weighted by Crippen LogP contribution is -2.56.